The highest BCUT2D eigenvalue weighted by atomic mass is 32.1. The zero-order chi connectivity index (χ0) is 20.1. The van der Waals surface area contributed by atoms with Gasteiger partial charge in [-0.2, -0.15) is 0 Å². The van der Waals surface area contributed by atoms with Crippen LogP contribution in [0.4, 0.5) is 5.82 Å². The van der Waals surface area contributed by atoms with Gasteiger partial charge in [0.1, 0.15) is 22.0 Å². The molecule has 0 unspecified atom stereocenters. The van der Waals surface area contributed by atoms with Crippen LogP contribution in [0.5, 0.6) is 0 Å². The fourth-order valence-electron chi connectivity index (χ4n) is 4.16. The Bertz CT molecular complexity index is 1390. The van der Waals surface area contributed by atoms with Crippen LogP contribution in [0.1, 0.15) is 17.5 Å². The van der Waals surface area contributed by atoms with Gasteiger partial charge in [0, 0.05) is 23.5 Å². The number of benzene rings is 1. The van der Waals surface area contributed by atoms with Crippen LogP contribution in [0.2, 0.25) is 0 Å². The van der Waals surface area contributed by atoms with Crippen molar-refractivity contribution in [1.29, 1.82) is 0 Å². The minimum absolute atomic E-state index is 0.454. The second-order valence-corrected chi connectivity index (χ2v) is 8.28. The van der Waals surface area contributed by atoms with Crippen LogP contribution in [0.3, 0.4) is 0 Å². The predicted octanol–water partition coefficient (Wildman–Crippen LogP) is 4.68. The first-order valence-corrected chi connectivity index (χ1v) is 10.8. The summed E-state index contributed by atoms with van der Waals surface area (Å²) in [5, 5.41) is 2.85. The maximum absolute atomic E-state index is 6.23. The van der Waals surface area contributed by atoms with Crippen LogP contribution >= 0.6 is 11.3 Å². The Hall–Kier alpha value is -3.58. The van der Waals surface area contributed by atoms with Gasteiger partial charge in [-0.15, -0.1) is 11.3 Å². The minimum atomic E-state index is 0.454. The highest BCUT2D eigenvalue weighted by Crippen LogP contribution is 2.33. The molecule has 1 aromatic carbocycles. The third kappa shape index (κ3) is 2.70. The Kier molecular flexibility index (Phi) is 3.89. The molecule has 0 amide bonds. The second kappa shape index (κ2) is 6.74. The van der Waals surface area contributed by atoms with Gasteiger partial charge in [0.25, 0.3) is 0 Å². The summed E-state index contributed by atoms with van der Waals surface area (Å²) in [7, 11) is 0. The minimum Gasteiger partial charge on any atom is -0.383 e. The Labute approximate surface area is 177 Å². The summed E-state index contributed by atoms with van der Waals surface area (Å²) in [5.74, 6) is 1.20. The molecule has 0 saturated carbocycles. The third-order valence-electron chi connectivity index (χ3n) is 5.58. The smallest absolute Gasteiger partial charge is 0.165 e. The number of rotatable bonds is 3. The molecule has 4 heterocycles. The number of aromatic nitrogens is 5. The van der Waals surface area contributed by atoms with Crippen molar-refractivity contribution in [2.45, 2.75) is 19.3 Å². The standard InChI is InChI=1S/C23H18N6S/c24-20-17(5-2-10-25-20)21-27-18-8-9-19(23-26-11-12-30-23)28-22(18)29(21)16-7-6-14-3-1-4-15(14)13-16/h2,5-13H,1,3-4H2,(H2,24,25). The van der Waals surface area contributed by atoms with E-state index in [9.17, 15) is 0 Å². The molecule has 6 rings (SSSR count). The number of nitrogen functional groups attached to an aromatic ring is 1. The van der Waals surface area contributed by atoms with E-state index >= 15 is 0 Å². The van der Waals surface area contributed by atoms with Crippen molar-refractivity contribution in [2.24, 2.45) is 0 Å². The van der Waals surface area contributed by atoms with Gasteiger partial charge in [-0.25, -0.2) is 19.9 Å². The normalized spacial score (nSPS) is 13.1. The van der Waals surface area contributed by atoms with Gasteiger partial charge < -0.3 is 5.73 Å². The van der Waals surface area contributed by atoms with Crippen molar-refractivity contribution < 1.29 is 0 Å². The fraction of sp³-hybridized carbons (Fsp3) is 0.130. The lowest BCUT2D eigenvalue weighted by Crippen LogP contribution is -2.03. The highest BCUT2D eigenvalue weighted by molar-refractivity contribution is 7.13. The number of anilines is 1. The van der Waals surface area contributed by atoms with Crippen molar-refractivity contribution in [2.75, 3.05) is 5.73 Å². The predicted molar refractivity (Wildman–Crippen MR) is 120 cm³/mol. The SMILES string of the molecule is Nc1ncccc1-c1nc2ccc(-c3nccs3)nc2n1-c1ccc2c(c1)CCC2. The van der Waals surface area contributed by atoms with Gasteiger partial charge in [-0.3, -0.25) is 4.57 Å². The molecule has 1 aliphatic carbocycles. The molecule has 0 aliphatic heterocycles. The number of hydrogen-bond donors (Lipinski definition) is 1. The summed E-state index contributed by atoms with van der Waals surface area (Å²) >= 11 is 1.57. The quantitative estimate of drug-likeness (QED) is 0.467. The maximum Gasteiger partial charge on any atom is 0.165 e. The molecule has 0 fully saturated rings. The summed E-state index contributed by atoms with van der Waals surface area (Å²) in [4.78, 5) is 18.5. The Balaban J connectivity index is 1.65. The second-order valence-electron chi connectivity index (χ2n) is 7.39. The molecule has 2 N–H and O–H groups in total. The van der Waals surface area contributed by atoms with E-state index in [-0.39, 0.29) is 0 Å². The van der Waals surface area contributed by atoms with E-state index in [4.69, 9.17) is 15.7 Å². The molecule has 7 heteroatoms. The number of fused-ring (bicyclic) bond motifs is 2. The summed E-state index contributed by atoms with van der Waals surface area (Å²) in [6, 6.07) is 14.4. The lowest BCUT2D eigenvalue weighted by atomic mass is 10.1. The van der Waals surface area contributed by atoms with Crippen molar-refractivity contribution in [3.05, 3.63) is 71.4 Å². The van der Waals surface area contributed by atoms with E-state index in [0.717, 1.165) is 51.8 Å². The zero-order valence-corrected chi connectivity index (χ0v) is 16.9. The monoisotopic (exact) mass is 410 g/mol. The van der Waals surface area contributed by atoms with Gasteiger partial charge in [0.2, 0.25) is 0 Å². The van der Waals surface area contributed by atoms with Crippen LogP contribution in [0.25, 0.3) is 38.9 Å². The molecule has 1 aliphatic rings. The first-order chi connectivity index (χ1) is 14.8. The van der Waals surface area contributed by atoms with Gasteiger partial charge in [0.15, 0.2) is 11.5 Å². The summed E-state index contributed by atoms with van der Waals surface area (Å²) < 4.78 is 2.10. The van der Waals surface area contributed by atoms with Crippen LogP contribution in [-0.2, 0) is 12.8 Å². The number of aryl methyl sites for hydroxylation is 2. The van der Waals surface area contributed by atoms with Gasteiger partial charge in [-0.05, 0) is 66.8 Å². The van der Waals surface area contributed by atoms with Crippen LogP contribution < -0.4 is 5.73 Å². The molecule has 0 radical (unpaired) electrons. The van der Waals surface area contributed by atoms with Crippen LogP contribution in [0, 0.1) is 0 Å². The topological polar surface area (TPSA) is 82.5 Å². The summed E-state index contributed by atoms with van der Waals surface area (Å²) in [5.41, 5.74) is 13.3. The molecule has 5 aromatic rings. The molecule has 0 atom stereocenters. The molecule has 30 heavy (non-hydrogen) atoms. The van der Waals surface area contributed by atoms with E-state index in [0.29, 0.717) is 5.82 Å². The highest BCUT2D eigenvalue weighted by Gasteiger charge is 2.20. The van der Waals surface area contributed by atoms with E-state index in [1.807, 2.05) is 29.6 Å². The molecule has 0 saturated heterocycles. The lowest BCUT2D eigenvalue weighted by Gasteiger charge is -2.12. The zero-order valence-electron chi connectivity index (χ0n) is 16.1. The van der Waals surface area contributed by atoms with E-state index in [1.54, 1.807) is 23.7 Å². The average Bonchev–Trinajstić information content (AvgIpc) is 3.51. The number of nitrogens with zero attached hydrogens (tertiary/aromatic N) is 5. The largest absolute Gasteiger partial charge is 0.383 e. The molecular formula is C23H18N6S. The molecule has 0 bridgehead atoms. The van der Waals surface area contributed by atoms with Gasteiger partial charge in [0.05, 0.1) is 5.56 Å². The number of imidazole rings is 1. The molecule has 0 spiro atoms. The lowest BCUT2D eigenvalue weighted by molar-refractivity contribution is 0.911. The molecular weight excluding hydrogens is 392 g/mol. The number of hydrogen-bond acceptors (Lipinski definition) is 6. The molecule has 4 aromatic heterocycles. The Morgan fingerprint density at radius 1 is 0.933 bits per heavy atom. The Morgan fingerprint density at radius 2 is 1.87 bits per heavy atom. The first-order valence-electron chi connectivity index (χ1n) is 9.90. The van der Waals surface area contributed by atoms with Crippen LogP contribution in [-0.4, -0.2) is 24.5 Å². The number of thiazole rings is 1. The van der Waals surface area contributed by atoms with Crippen molar-refractivity contribution in [1.82, 2.24) is 24.5 Å². The Morgan fingerprint density at radius 3 is 2.73 bits per heavy atom. The average molecular weight is 411 g/mol. The summed E-state index contributed by atoms with van der Waals surface area (Å²) in [6.45, 7) is 0. The fourth-order valence-corrected chi connectivity index (χ4v) is 4.76. The molecule has 6 nitrogen and oxygen atoms in total. The van der Waals surface area contributed by atoms with Crippen LogP contribution in [0.15, 0.2) is 60.2 Å². The number of pyridine rings is 2. The van der Waals surface area contributed by atoms with Crippen molar-refractivity contribution in [3.8, 4) is 27.8 Å². The number of nitrogens with two attached hydrogens (primary N) is 1. The van der Waals surface area contributed by atoms with Crippen molar-refractivity contribution in [3.63, 3.8) is 0 Å². The first kappa shape index (κ1) is 17.3. The van der Waals surface area contributed by atoms with E-state index in [2.05, 4.69) is 32.7 Å². The molecule has 146 valence electrons. The van der Waals surface area contributed by atoms with Crippen molar-refractivity contribution >= 4 is 28.3 Å². The van der Waals surface area contributed by atoms with E-state index in [1.165, 1.54) is 17.5 Å². The maximum atomic E-state index is 6.23. The third-order valence-corrected chi connectivity index (χ3v) is 6.37. The van der Waals surface area contributed by atoms with E-state index < -0.39 is 0 Å². The summed E-state index contributed by atoms with van der Waals surface area (Å²) in [6.07, 6.45) is 6.96. The van der Waals surface area contributed by atoms with Gasteiger partial charge in [-0.1, -0.05) is 6.07 Å². The van der Waals surface area contributed by atoms with Gasteiger partial charge >= 0.3 is 0 Å².